The van der Waals surface area contributed by atoms with Crippen LogP contribution in [0.5, 0.6) is 5.75 Å². The summed E-state index contributed by atoms with van der Waals surface area (Å²) in [4.78, 5) is 21.1. The lowest BCUT2D eigenvalue weighted by Crippen LogP contribution is -2.38. The number of nitrogens with one attached hydrogen (secondary N) is 1. The Morgan fingerprint density at radius 1 is 1.36 bits per heavy atom. The third-order valence-electron chi connectivity index (χ3n) is 5.19. The molecule has 0 spiro atoms. The van der Waals surface area contributed by atoms with Crippen molar-refractivity contribution in [2.75, 3.05) is 6.54 Å². The Balaban J connectivity index is 1.47. The number of hydrogen-bond acceptors (Lipinski definition) is 4. The van der Waals surface area contributed by atoms with Crippen molar-refractivity contribution in [2.24, 2.45) is 5.41 Å². The van der Waals surface area contributed by atoms with Gasteiger partial charge >= 0.3 is 0 Å². The van der Waals surface area contributed by atoms with Crippen molar-refractivity contribution in [3.63, 3.8) is 0 Å². The first-order valence-electron chi connectivity index (χ1n) is 8.83. The van der Waals surface area contributed by atoms with Crippen molar-refractivity contribution in [1.82, 2.24) is 15.3 Å². The fourth-order valence-corrected chi connectivity index (χ4v) is 3.23. The van der Waals surface area contributed by atoms with Gasteiger partial charge in [0.2, 0.25) is 5.91 Å². The van der Waals surface area contributed by atoms with E-state index in [1.54, 1.807) is 6.20 Å². The number of fused-ring (bicyclic) bond motifs is 1. The molecule has 1 aromatic heterocycles. The summed E-state index contributed by atoms with van der Waals surface area (Å²) in [7, 11) is 0. The molecular formula is C20H23N3O2. The predicted octanol–water partition coefficient (Wildman–Crippen LogP) is 2.98. The highest BCUT2D eigenvalue weighted by atomic mass is 16.5. The molecule has 5 heteroatoms. The molecule has 1 aliphatic carbocycles. The second-order valence-corrected chi connectivity index (χ2v) is 7.48. The topological polar surface area (TPSA) is 64.1 Å². The number of rotatable bonds is 4. The summed E-state index contributed by atoms with van der Waals surface area (Å²) < 4.78 is 5.98. The van der Waals surface area contributed by atoms with Gasteiger partial charge in [0.05, 0.1) is 23.6 Å². The zero-order valence-electron chi connectivity index (χ0n) is 14.9. The van der Waals surface area contributed by atoms with Crippen LogP contribution in [-0.2, 0) is 11.2 Å². The van der Waals surface area contributed by atoms with Gasteiger partial charge in [-0.05, 0) is 50.5 Å². The Morgan fingerprint density at radius 3 is 2.92 bits per heavy atom. The van der Waals surface area contributed by atoms with E-state index < -0.39 is 0 Å². The number of carbonyl (C=O) groups is 1. The van der Waals surface area contributed by atoms with E-state index >= 15 is 0 Å². The molecule has 2 aromatic rings. The van der Waals surface area contributed by atoms with Gasteiger partial charge in [0.15, 0.2) is 0 Å². The second kappa shape index (κ2) is 5.83. The summed E-state index contributed by atoms with van der Waals surface area (Å²) in [6, 6.07) is 6.16. The Kier molecular flexibility index (Phi) is 3.74. The van der Waals surface area contributed by atoms with E-state index in [-0.39, 0.29) is 17.4 Å². The van der Waals surface area contributed by atoms with Crippen LogP contribution in [0.3, 0.4) is 0 Å². The Bertz CT molecular complexity index is 843. The van der Waals surface area contributed by atoms with Gasteiger partial charge in [0.25, 0.3) is 0 Å². The molecule has 2 aliphatic rings. The number of benzene rings is 1. The van der Waals surface area contributed by atoms with E-state index in [4.69, 9.17) is 4.74 Å². The molecule has 2 heterocycles. The van der Waals surface area contributed by atoms with Crippen LogP contribution in [0.25, 0.3) is 11.3 Å². The van der Waals surface area contributed by atoms with E-state index in [2.05, 4.69) is 21.4 Å². The van der Waals surface area contributed by atoms with Gasteiger partial charge in [-0.2, -0.15) is 0 Å². The lowest BCUT2D eigenvalue weighted by atomic mass is 10.0. The largest absolute Gasteiger partial charge is 0.488 e. The smallest absolute Gasteiger partial charge is 0.226 e. The first kappa shape index (κ1) is 16.1. The van der Waals surface area contributed by atoms with Crippen molar-refractivity contribution >= 4 is 5.91 Å². The molecule has 0 bridgehead atoms. The highest BCUT2D eigenvalue weighted by Gasteiger charge is 2.44. The first-order chi connectivity index (χ1) is 11.9. The molecule has 1 amide bonds. The predicted molar refractivity (Wildman–Crippen MR) is 95.4 cm³/mol. The van der Waals surface area contributed by atoms with Crippen LogP contribution in [0.4, 0.5) is 0 Å². The fraction of sp³-hybridized carbons (Fsp3) is 0.450. The molecule has 1 fully saturated rings. The normalized spacial score (nSPS) is 19.9. The van der Waals surface area contributed by atoms with Gasteiger partial charge in [0.1, 0.15) is 11.9 Å². The number of amides is 1. The van der Waals surface area contributed by atoms with E-state index in [1.807, 2.05) is 32.9 Å². The van der Waals surface area contributed by atoms with E-state index in [0.29, 0.717) is 6.54 Å². The van der Waals surface area contributed by atoms with Crippen LogP contribution in [0, 0.1) is 19.3 Å². The van der Waals surface area contributed by atoms with Crippen LogP contribution in [0.15, 0.2) is 24.4 Å². The number of nitrogens with zero attached hydrogens (tertiary/aromatic N) is 2. The monoisotopic (exact) mass is 337 g/mol. The lowest BCUT2D eigenvalue weighted by molar-refractivity contribution is -0.126. The molecule has 1 saturated carbocycles. The fourth-order valence-electron chi connectivity index (χ4n) is 3.23. The third kappa shape index (κ3) is 3.11. The van der Waals surface area contributed by atoms with Crippen LogP contribution in [0.2, 0.25) is 0 Å². The quantitative estimate of drug-likeness (QED) is 0.931. The van der Waals surface area contributed by atoms with Crippen LogP contribution in [0.1, 0.15) is 36.7 Å². The molecule has 25 heavy (non-hydrogen) atoms. The number of ether oxygens (including phenoxy) is 1. The minimum Gasteiger partial charge on any atom is -0.488 e. The van der Waals surface area contributed by atoms with E-state index in [9.17, 15) is 4.79 Å². The second-order valence-electron chi connectivity index (χ2n) is 7.48. The van der Waals surface area contributed by atoms with Gasteiger partial charge < -0.3 is 10.1 Å². The summed E-state index contributed by atoms with van der Waals surface area (Å²) in [5, 5.41) is 3.04. The molecule has 4 rings (SSSR count). The zero-order chi connectivity index (χ0) is 17.6. The van der Waals surface area contributed by atoms with Crippen LogP contribution in [-0.4, -0.2) is 28.5 Å². The summed E-state index contributed by atoms with van der Waals surface area (Å²) in [6.45, 7) is 6.50. The molecule has 1 aliphatic heterocycles. The molecular weight excluding hydrogens is 314 g/mol. The number of aryl methyl sites for hydroxylation is 2. The SMILES string of the molecule is Cc1cnc(C)c(-c2ccc3c(c2)C[C@H](CNC(=O)C2(C)CC2)O3)n1. The maximum atomic E-state index is 12.1. The highest BCUT2D eigenvalue weighted by molar-refractivity contribution is 5.84. The average Bonchev–Trinajstić information content (AvgIpc) is 3.21. The first-order valence-corrected chi connectivity index (χ1v) is 8.83. The zero-order valence-corrected chi connectivity index (χ0v) is 14.9. The van der Waals surface area contributed by atoms with E-state index in [0.717, 1.165) is 53.2 Å². The summed E-state index contributed by atoms with van der Waals surface area (Å²) in [6.07, 6.45) is 4.57. The summed E-state index contributed by atoms with van der Waals surface area (Å²) >= 11 is 0. The third-order valence-corrected chi connectivity index (χ3v) is 5.19. The molecule has 1 atom stereocenters. The Hall–Kier alpha value is -2.43. The molecule has 130 valence electrons. The maximum Gasteiger partial charge on any atom is 0.226 e. The molecule has 1 aromatic carbocycles. The van der Waals surface area contributed by atoms with Crippen molar-refractivity contribution < 1.29 is 9.53 Å². The van der Waals surface area contributed by atoms with Crippen molar-refractivity contribution in [3.8, 4) is 17.0 Å². The molecule has 0 saturated heterocycles. The van der Waals surface area contributed by atoms with Crippen molar-refractivity contribution in [1.29, 1.82) is 0 Å². The standard InChI is InChI=1S/C20H23N3O2/c1-12-10-21-13(2)18(23-12)14-4-5-17-15(8-14)9-16(25-17)11-22-19(24)20(3)6-7-20/h4-5,8,10,16H,6-7,9,11H2,1-3H3,(H,22,24)/t16-/m1/s1. The minimum atomic E-state index is -0.139. The van der Waals surface area contributed by atoms with Gasteiger partial charge in [-0.15, -0.1) is 0 Å². The summed E-state index contributed by atoms with van der Waals surface area (Å²) in [5.41, 5.74) is 4.84. The average molecular weight is 337 g/mol. The molecule has 0 radical (unpaired) electrons. The Morgan fingerprint density at radius 2 is 2.16 bits per heavy atom. The molecule has 5 nitrogen and oxygen atoms in total. The maximum absolute atomic E-state index is 12.1. The van der Waals surface area contributed by atoms with Gasteiger partial charge in [0, 0.05) is 23.6 Å². The van der Waals surface area contributed by atoms with E-state index in [1.165, 1.54) is 0 Å². The number of carbonyl (C=O) groups excluding carboxylic acids is 1. The Labute approximate surface area is 147 Å². The van der Waals surface area contributed by atoms with Crippen LogP contribution < -0.4 is 10.1 Å². The highest BCUT2D eigenvalue weighted by Crippen LogP contribution is 2.45. The number of aromatic nitrogens is 2. The van der Waals surface area contributed by atoms with Crippen LogP contribution >= 0.6 is 0 Å². The number of hydrogen-bond donors (Lipinski definition) is 1. The lowest BCUT2D eigenvalue weighted by Gasteiger charge is -2.14. The van der Waals surface area contributed by atoms with Gasteiger partial charge in [-0.1, -0.05) is 6.92 Å². The van der Waals surface area contributed by atoms with Crippen molar-refractivity contribution in [3.05, 3.63) is 41.3 Å². The molecule has 0 unspecified atom stereocenters. The minimum absolute atomic E-state index is 0.00115. The summed E-state index contributed by atoms with van der Waals surface area (Å²) in [5.74, 6) is 1.05. The van der Waals surface area contributed by atoms with Gasteiger partial charge in [-0.3, -0.25) is 9.78 Å². The molecule has 1 N–H and O–H groups in total. The van der Waals surface area contributed by atoms with Crippen molar-refractivity contribution in [2.45, 2.75) is 46.1 Å². The van der Waals surface area contributed by atoms with Gasteiger partial charge in [-0.25, -0.2) is 4.98 Å².